The Bertz CT molecular complexity index is 877. The standard InChI is InChI=1S/C25H33NO3/c1-25(2,3)20-7-10-21(11-8-20)29-22-9-6-18-14-17(4-5-19(18)15-22)16-26-13-12-23(26)24(27)28/h4-6,9,14-15,20-21,23H,7-8,10-13,16H2,1-3H3,(H,27,28)/t20-,21-,23?. The molecule has 1 saturated heterocycles. The summed E-state index contributed by atoms with van der Waals surface area (Å²) >= 11 is 0. The molecule has 1 N–H and O–H groups in total. The number of aliphatic carboxylic acids is 1. The summed E-state index contributed by atoms with van der Waals surface area (Å²) in [7, 11) is 0. The third kappa shape index (κ3) is 4.58. The van der Waals surface area contributed by atoms with E-state index in [0.717, 1.165) is 43.0 Å². The van der Waals surface area contributed by atoms with E-state index in [2.05, 4.69) is 57.2 Å². The quantitative estimate of drug-likeness (QED) is 0.728. The van der Waals surface area contributed by atoms with Crippen LogP contribution in [0, 0.1) is 11.3 Å². The van der Waals surface area contributed by atoms with Crippen LogP contribution in [0.2, 0.25) is 0 Å². The van der Waals surface area contributed by atoms with Crippen molar-refractivity contribution < 1.29 is 14.6 Å². The monoisotopic (exact) mass is 395 g/mol. The fourth-order valence-corrected chi connectivity index (χ4v) is 4.83. The molecule has 1 aliphatic heterocycles. The first kappa shape index (κ1) is 20.2. The van der Waals surface area contributed by atoms with Crippen molar-refractivity contribution >= 4 is 16.7 Å². The first-order valence-electron chi connectivity index (χ1n) is 11.0. The Hall–Kier alpha value is -2.07. The van der Waals surface area contributed by atoms with Gasteiger partial charge < -0.3 is 9.84 Å². The van der Waals surface area contributed by atoms with Gasteiger partial charge in [0, 0.05) is 13.1 Å². The van der Waals surface area contributed by atoms with E-state index in [9.17, 15) is 9.90 Å². The molecule has 0 amide bonds. The number of hydrogen-bond acceptors (Lipinski definition) is 3. The van der Waals surface area contributed by atoms with E-state index in [4.69, 9.17) is 4.74 Å². The summed E-state index contributed by atoms with van der Waals surface area (Å²) < 4.78 is 6.31. The Morgan fingerprint density at radius 2 is 1.72 bits per heavy atom. The van der Waals surface area contributed by atoms with E-state index in [0.29, 0.717) is 18.1 Å². The molecule has 2 aromatic carbocycles. The van der Waals surface area contributed by atoms with Gasteiger partial charge in [0.2, 0.25) is 0 Å². The third-order valence-electron chi connectivity index (χ3n) is 6.88. The molecule has 156 valence electrons. The number of benzene rings is 2. The lowest BCUT2D eigenvalue weighted by molar-refractivity contribution is -0.148. The van der Waals surface area contributed by atoms with Gasteiger partial charge >= 0.3 is 5.97 Å². The Balaban J connectivity index is 1.38. The summed E-state index contributed by atoms with van der Waals surface area (Å²) in [6.45, 7) is 8.60. The van der Waals surface area contributed by atoms with Crippen molar-refractivity contribution in [2.75, 3.05) is 6.54 Å². The molecular formula is C25H33NO3. The lowest BCUT2D eigenvalue weighted by Gasteiger charge is -2.38. The third-order valence-corrected chi connectivity index (χ3v) is 6.88. The maximum Gasteiger partial charge on any atom is 0.320 e. The van der Waals surface area contributed by atoms with E-state index >= 15 is 0 Å². The average Bonchev–Trinajstić information content (AvgIpc) is 2.64. The normalized spacial score (nSPS) is 25.6. The number of nitrogens with zero attached hydrogens (tertiary/aromatic N) is 1. The lowest BCUT2D eigenvalue weighted by atomic mass is 9.72. The minimum atomic E-state index is -0.713. The Labute approximate surface area is 173 Å². The van der Waals surface area contributed by atoms with Crippen LogP contribution in [0.15, 0.2) is 36.4 Å². The molecule has 0 aromatic heterocycles. The molecule has 1 heterocycles. The van der Waals surface area contributed by atoms with Crippen molar-refractivity contribution in [2.24, 2.45) is 11.3 Å². The van der Waals surface area contributed by atoms with Gasteiger partial charge in [0.05, 0.1) is 6.10 Å². The molecule has 1 atom stereocenters. The molecular weight excluding hydrogens is 362 g/mol. The molecule has 0 radical (unpaired) electrons. The van der Waals surface area contributed by atoms with Crippen LogP contribution in [-0.2, 0) is 11.3 Å². The van der Waals surface area contributed by atoms with Crippen LogP contribution >= 0.6 is 0 Å². The van der Waals surface area contributed by atoms with Crippen LogP contribution in [0.1, 0.15) is 58.4 Å². The van der Waals surface area contributed by atoms with Crippen molar-refractivity contribution in [1.29, 1.82) is 0 Å². The number of carboxylic acids is 1. The van der Waals surface area contributed by atoms with E-state index < -0.39 is 5.97 Å². The zero-order chi connectivity index (χ0) is 20.6. The van der Waals surface area contributed by atoms with Crippen molar-refractivity contribution in [3.63, 3.8) is 0 Å². The zero-order valence-corrected chi connectivity index (χ0v) is 17.9. The Kier molecular flexibility index (Phi) is 5.56. The maximum atomic E-state index is 11.2. The number of ether oxygens (including phenoxy) is 1. The Morgan fingerprint density at radius 3 is 2.34 bits per heavy atom. The molecule has 4 rings (SSSR count). The molecule has 2 aliphatic rings. The smallest absolute Gasteiger partial charge is 0.320 e. The highest BCUT2D eigenvalue weighted by Gasteiger charge is 2.33. The van der Waals surface area contributed by atoms with E-state index in [1.54, 1.807) is 0 Å². The van der Waals surface area contributed by atoms with Crippen molar-refractivity contribution in [2.45, 2.75) is 71.6 Å². The highest BCUT2D eigenvalue weighted by molar-refractivity contribution is 5.84. The van der Waals surface area contributed by atoms with Gasteiger partial charge in [-0.15, -0.1) is 0 Å². The molecule has 0 spiro atoms. The molecule has 4 nitrogen and oxygen atoms in total. The second-order valence-corrected chi connectivity index (χ2v) is 9.91. The molecule has 0 bridgehead atoms. The van der Waals surface area contributed by atoms with Gasteiger partial charge in [-0.05, 0) is 78.0 Å². The summed E-state index contributed by atoms with van der Waals surface area (Å²) in [5.41, 5.74) is 1.56. The highest BCUT2D eigenvalue weighted by atomic mass is 16.5. The van der Waals surface area contributed by atoms with Gasteiger partial charge in [0.25, 0.3) is 0 Å². The molecule has 2 aromatic rings. The number of carbonyl (C=O) groups is 1. The summed E-state index contributed by atoms with van der Waals surface area (Å²) in [4.78, 5) is 13.2. The van der Waals surface area contributed by atoms with E-state index in [1.165, 1.54) is 23.6 Å². The van der Waals surface area contributed by atoms with Crippen LogP contribution < -0.4 is 4.74 Å². The number of fused-ring (bicyclic) bond motifs is 1. The second-order valence-electron chi connectivity index (χ2n) is 9.91. The minimum Gasteiger partial charge on any atom is -0.490 e. The molecule has 1 aliphatic carbocycles. The fourth-order valence-electron chi connectivity index (χ4n) is 4.83. The number of hydrogen-bond donors (Lipinski definition) is 1. The number of rotatable bonds is 5. The van der Waals surface area contributed by atoms with Gasteiger partial charge in [-0.2, -0.15) is 0 Å². The molecule has 1 saturated carbocycles. The van der Waals surface area contributed by atoms with Gasteiger partial charge in [0.1, 0.15) is 11.8 Å². The number of likely N-dealkylation sites (tertiary alicyclic amines) is 1. The topological polar surface area (TPSA) is 49.8 Å². The first-order valence-corrected chi connectivity index (χ1v) is 11.0. The summed E-state index contributed by atoms with van der Waals surface area (Å²) in [5.74, 6) is 1.04. The first-order chi connectivity index (χ1) is 13.8. The van der Waals surface area contributed by atoms with Crippen LogP contribution in [0.3, 0.4) is 0 Å². The molecule has 2 fully saturated rings. The molecule has 1 unspecified atom stereocenters. The van der Waals surface area contributed by atoms with E-state index in [1.807, 2.05) is 4.90 Å². The van der Waals surface area contributed by atoms with Crippen molar-refractivity contribution in [3.05, 3.63) is 42.0 Å². The fraction of sp³-hybridized carbons (Fsp3) is 0.560. The minimum absolute atomic E-state index is 0.324. The largest absolute Gasteiger partial charge is 0.490 e. The average molecular weight is 396 g/mol. The van der Waals surface area contributed by atoms with Crippen molar-refractivity contribution in [1.82, 2.24) is 4.90 Å². The predicted octanol–water partition coefficient (Wildman–Crippen LogP) is 5.48. The van der Waals surface area contributed by atoms with Gasteiger partial charge in [-0.25, -0.2) is 0 Å². The second kappa shape index (κ2) is 7.98. The van der Waals surface area contributed by atoms with Crippen LogP contribution in [0.5, 0.6) is 5.75 Å². The molecule has 4 heteroatoms. The lowest BCUT2D eigenvalue weighted by Crippen LogP contribution is -2.51. The summed E-state index contributed by atoms with van der Waals surface area (Å²) in [5, 5.41) is 11.6. The van der Waals surface area contributed by atoms with E-state index in [-0.39, 0.29) is 6.04 Å². The SMILES string of the molecule is CC(C)(C)[C@H]1CC[C@H](Oc2ccc3cc(CN4CCC4C(=O)O)ccc3c2)CC1. The molecule has 29 heavy (non-hydrogen) atoms. The van der Waals surface area contributed by atoms with Crippen LogP contribution in [-0.4, -0.2) is 34.7 Å². The maximum absolute atomic E-state index is 11.2. The van der Waals surface area contributed by atoms with Gasteiger partial charge in [-0.3, -0.25) is 9.69 Å². The van der Waals surface area contributed by atoms with Gasteiger partial charge in [0.15, 0.2) is 0 Å². The highest BCUT2D eigenvalue weighted by Crippen LogP contribution is 2.39. The summed E-state index contributed by atoms with van der Waals surface area (Å²) in [6, 6.07) is 12.4. The predicted molar refractivity (Wildman–Crippen MR) is 116 cm³/mol. The van der Waals surface area contributed by atoms with Crippen LogP contribution in [0.25, 0.3) is 10.8 Å². The summed E-state index contributed by atoms with van der Waals surface area (Å²) in [6.07, 6.45) is 5.85. The Morgan fingerprint density at radius 1 is 1.03 bits per heavy atom. The zero-order valence-electron chi connectivity index (χ0n) is 17.9. The van der Waals surface area contributed by atoms with Crippen LogP contribution in [0.4, 0.5) is 0 Å². The van der Waals surface area contributed by atoms with Gasteiger partial charge in [-0.1, -0.05) is 39.0 Å². The number of carboxylic acid groups (broad SMARTS) is 1. The van der Waals surface area contributed by atoms with Crippen molar-refractivity contribution in [3.8, 4) is 5.75 Å².